The Hall–Kier alpha value is -1.76. The van der Waals surface area contributed by atoms with Crippen LogP contribution in [0, 0.1) is 0 Å². The van der Waals surface area contributed by atoms with E-state index in [9.17, 15) is 9.59 Å². The predicted octanol–water partition coefficient (Wildman–Crippen LogP) is 2.49. The molecule has 1 atom stereocenters. The van der Waals surface area contributed by atoms with Gasteiger partial charge < -0.3 is 19.3 Å². The monoisotopic (exact) mass is 346 g/mol. The van der Waals surface area contributed by atoms with Gasteiger partial charge in [0.2, 0.25) is 0 Å². The zero-order chi connectivity index (χ0) is 15.3. The smallest absolute Gasteiger partial charge is 0.347 e. The maximum Gasteiger partial charge on any atom is 0.347 e. The van der Waals surface area contributed by atoms with Crippen LogP contribution in [0.25, 0.3) is 0 Å². The van der Waals surface area contributed by atoms with Gasteiger partial charge in [-0.25, -0.2) is 9.59 Å². The first-order valence-electron chi connectivity index (χ1n) is 5.84. The first kappa shape index (κ1) is 16.3. The normalized spacial score (nSPS) is 11.6. The Morgan fingerprint density at radius 1 is 1.40 bits per heavy atom. The standard InChI is InChI=1S/C13H15BrO6/c1-4-19-13(17)7(2)20-11-9(14)5-8(12(15)16)6-10(11)18-3/h5-7H,4H2,1-3H3,(H,15,16). The van der Waals surface area contributed by atoms with E-state index in [0.29, 0.717) is 4.47 Å². The van der Waals surface area contributed by atoms with Crippen LogP contribution in [0.15, 0.2) is 16.6 Å². The first-order chi connectivity index (χ1) is 9.40. The molecule has 0 bridgehead atoms. The van der Waals surface area contributed by atoms with Gasteiger partial charge in [-0.3, -0.25) is 0 Å². The molecule has 1 rings (SSSR count). The van der Waals surface area contributed by atoms with Gasteiger partial charge in [-0.2, -0.15) is 0 Å². The Balaban J connectivity index is 3.06. The Morgan fingerprint density at radius 3 is 2.55 bits per heavy atom. The van der Waals surface area contributed by atoms with Gasteiger partial charge in [-0.15, -0.1) is 0 Å². The van der Waals surface area contributed by atoms with Crippen LogP contribution in [0.2, 0.25) is 0 Å². The lowest BCUT2D eigenvalue weighted by molar-refractivity contribution is -0.150. The number of ether oxygens (including phenoxy) is 3. The number of benzene rings is 1. The molecule has 1 aromatic carbocycles. The van der Waals surface area contributed by atoms with Crippen LogP contribution in [0.5, 0.6) is 11.5 Å². The molecule has 6 nitrogen and oxygen atoms in total. The molecule has 1 N–H and O–H groups in total. The molecule has 0 amide bonds. The second-order valence-electron chi connectivity index (χ2n) is 3.81. The van der Waals surface area contributed by atoms with E-state index in [1.807, 2.05) is 0 Å². The number of carboxylic acids is 1. The van der Waals surface area contributed by atoms with Crippen molar-refractivity contribution in [2.45, 2.75) is 20.0 Å². The van der Waals surface area contributed by atoms with Crippen LogP contribution in [0.4, 0.5) is 0 Å². The highest BCUT2D eigenvalue weighted by Crippen LogP contribution is 2.37. The van der Waals surface area contributed by atoms with Crippen LogP contribution in [-0.2, 0) is 9.53 Å². The van der Waals surface area contributed by atoms with E-state index in [0.717, 1.165) is 0 Å². The minimum Gasteiger partial charge on any atom is -0.493 e. The van der Waals surface area contributed by atoms with E-state index in [2.05, 4.69) is 15.9 Å². The molecule has 0 radical (unpaired) electrons. The number of hydrogen-bond acceptors (Lipinski definition) is 5. The number of halogens is 1. The third-order valence-electron chi connectivity index (χ3n) is 2.39. The Bertz CT molecular complexity index is 514. The number of carboxylic acid groups (broad SMARTS) is 1. The van der Waals surface area contributed by atoms with Crippen LogP contribution in [0.1, 0.15) is 24.2 Å². The molecular weight excluding hydrogens is 332 g/mol. The number of carbonyl (C=O) groups excluding carboxylic acids is 1. The molecule has 1 unspecified atom stereocenters. The maximum absolute atomic E-state index is 11.5. The van der Waals surface area contributed by atoms with E-state index in [1.54, 1.807) is 6.92 Å². The molecular formula is C13H15BrO6. The van der Waals surface area contributed by atoms with E-state index < -0.39 is 18.0 Å². The summed E-state index contributed by atoms with van der Waals surface area (Å²) in [5, 5.41) is 8.97. The number of esters is 1. The molecule has 110 valence electrons. The van der Waals surface area contributed by atoms with Gasteiger partial charge >= 0.3 is 11.9 Å². The van der Waals surface area contributed by atoms with Crippen LogP contribution in [0.3, 0.4) is 0 Å². The molecule has 0 spiro atoms. The minimum absolute atomic E-state index is 0.0462. The lowest BCUT2D eigenvalue weighted by atomic mass is 10.2. The summed E-state index contributed by atoms with van der Waals surface area (Å²) >= 11 is 3.20. The zero-order valence-electron chi connectivity index (χ0n) is 11.3. The number of methoxy groups -OCH3 is 1. The summed E-state index contributed by atoms with van der Waals surface area (Å²) in [5.74, 6) is -1.14. The molecule has 0 aliphatic rings. The summed E-state index contributed by atoms with van der Waals surface area (Å²) in [7, 11) is 1.38. The summed E-state index contributed by atoms with van der Waals surface area (Å²) in [6.45, 7) is 3.49. The molecule has 0 saturated carbocycles. The molecule has 0 aromatic heterocycles. The van der Waals surface area contributed by atoms with Crippen molar-refractivity contribution in [3.05, 3.63) is 22.2 Å². The van der Waals surface area contributed by atoms with Crippen LogP contribution >= 0.6 is 15.9 Å². The van der Waals surface area contributed by atoms with E-state index in [-0.39, 0.29) is 23.7 Å². The summed E-state index contributed by atoms with van der Waals surface area (Å²) in [6.07, 6.45) is -0.837. The second-order valence-corrected chi connectivity index (χ2v) is 4.66. The molecule has 1 aromatic rings. The number of rotatable bonds is 6. The highest BCUT2D eigenvalue weighted by atomic mass is 79.9. The van der Waals surface area contributed by atoms with Gasteiger partial charge in [0.15, 0.2) is 17.6 Å². The SMILES string of the molecule is CCOC(=O)C(C)Oc1c(Br)cc(C(=O)O)cc1OC. The van der Waals surface area contributed by atoms with Crippen molar-refractivity contribution in [1.82, 2.24) is 0 Å². The second kappa shape index (κ2) is 7.14. The van der Waals surface area contributed by atoms with Crippen molar-refractivity contribution in [1.29, 1.82) is 0 Å². The van der Waals surface area contributed by atoms with Gasteiger partial charge in [0.05, 0.1) is 23.8 Å². The van der Waals surface area contributed by atoms with Gasteiger partial charge in [0.25, 0.3) is 0 Å². The summed E-state index contributed by atoms with van der Waals surface area (Å²) in [5.41, 5.74) is 0.0462. The minimum atomic E-state index is -1.09. The third-order valence-corrected chi connectivity index (χ3v) is 2.98. The van der Waals surface area contributed by atoms with Gasteiger partial charge in [0, 0.05) is 0 Å². The van der Waals surface area contributed by atoms with Crippen molar-refractivity contribution in [2.75, 3.05) is 13.7 Å². The van der Waals surface area contributed by atoms with E-state index >= 15 is 0 Å². The average Bonchev–Trinajstić information content (AvgIpc) is 2.40. The molecule has 0 aliphatic carbocycles. The summed E-state index contributed by atoms with van der Waals surface area (Å²) in [6, 6.07) is 2.69. The Labute approximate surface area is 124 Å². The Kier molecular flexibility index (Phi) is 5.82. The highest BCUT2D eigenvalue weighted by molar-refractivity contribution is 9.10. The van der Waals surface area contributed by atoms with Crippen molar-refractivity contribution < 1.29 is 28.9 Å². The van der Waals surface area contributed by atoms with Crippen LogP contribution in [-0.4, -0.2) is 36.9 Å². The van der Waals surface area contributed by atoms with E-state index in [4.69, 9.17) is 19.3 Å². The molecule has 20 heavy (non-hydrogen) atoms. The summed E-state index contributed by atoms with van der Waals surface area (Å²) in [4.78, 5) is 22.5. The number of aromatic carboxylic acids is 1. The molecule has 0 heterocycles. The number of hydrogen-bond donors (Lipinski definition) is 1. The van der Waals surface area contributed by atoms with Crippen molar-refractivity contribution >= 4 is 27.9 Å². The zero-order valence-corrected chi connectivity index (χ0v) is 12.9. The highest BCUT2D eigenvalue weighted by Gasteiger charge is 2.21. The largest absolute Gasteiger partial charge is 0.493 e. The van der Waals surface area contributed by atoms with Crippen molar-refractivity contribution in [3.63, 3.8) is 0 Å². The fraction of sp³-hybridized carbons (Fsp3) is 0.385. The quantitative estimate of drug-likeness (QED) is 0.797. The molecule has 0 fully saturated rings. The van der Waals surface area contributed by atoms with E-state index in [1.165, 1.54) is 26.2 Å². The van der Waals surface area contributed by atoms with Gasteiger partial charge in [-0.05, 0) is 41.9 Å². The molecule has 0 saturated heterocycles. The maximum atomic E-state index is 11.5. The molecule has 0 aliphatic heterocycles. The van der Waals surface area contributed by atoms with Gasteiger partial charge in [-0.1, -0.05) is 0 Å². The lowest BCUT2D eigenvalue weighted by Crippen LogP contribution is -2.26. The average molecular weight is 347 g/mol. The third kappa shape index (κ3) is 3.86. The Morgan fingerprint density at radius 2 is 2.05 bits per heavy atom. The molecule has 7 heteroatoms. The number of carbonyl (C=O) groups is 2. The summed E-state index contributed by atoms with van der Waals surface area (Å²) < 4.78 is 15.8. The fourth-order valence-corrected chi connectivity index (χ4v) is 1.98. The van der Waals surface area contributed by atoms with Crippen LogP contribution < -0.4 is 9.47 Å². The first-order valence-corrected chi connectivity index (χ1v) is 6.64. The van der Waals surface area contributed by atoms with Gasteiger partial charge in [0.1, 0.15) is 0 Å². The fourth-order valence-electron chi connectivity index (χ4n) is 1.44. The predicted molar refractivity (Wildman–Crippen MR) is 74.4 cm³/mol. The van der Waals surface area contributed by atoms with Crippen molar-refractivity contribution in [3.8, 4) is 11.5 Å². The topological polar surface area (TPSA) is 82.1 Å². The van der Waals surface area contributed by atoms with Crippen molar-refractivity contribution in [2.24, 2.45) is 0 Å². The lowest BCUT2D eigenvalue weighted by Gasteiger charge is -2.17.